The summed E-state index contributed by atoms with van der Waals surface area (Å²) in [6.07, 6.45) is 5.60. The van der Waals surface area contributed by atoms with Crippen molar-refractivity contribution >= 4 is 51.6 Å². The Morgan fingerprint density at radius 3 is 2.30 bits per heavy atom. The lowest BCUT2D eigenvalue weighted by Gasteiger charge is -2.37. The van der Waals surface area contributed by atoms with Gasteiger partial charge < -0.3 is 4.90 Å². The summed E-state index contributed by atoms with van der Waals surface area (Å²) in [6, 6.07) is 20.6. The molecule has 1 fully saturated rings. The molecule has 0 saturated carbocycles. The fraction of sp³-hybridized carbons (Fsp3) is 0.161. The van der Waals surface area contributed by atoms with Gasteiger partial charge in [0, 0.05) is 33.7 Å². The number of halogens is 1. The van der Waals surface area contributed by atoms with Crippen LogP contribution in [0.25, 0.3) is 17.0 Å². The number of nitrogens with zero attached hydrogens (tertiary/aromatic N) is 2. The molecule has 0 radical (unpaired) electrons. The van der Waals surface area contributed by atoms with Crippen LogP contribution in [0.15, 0.2) is 85.1 Å². The van der Waals surface area contributed by atoms with Crippen molar-refractivity contribution in [3.8, 4) is 0 Å². The van der Waals surface area contributed by atoms with Crippen molar-refractivity contribution in [1.82, 2.24) is 4.98 Å². The molecule has 3 aromatic carbocycles. The average Bonchev–Trinajstić information content (AvgIpc) is 3.35. The molecule has 3 aliphatic rings. The van der Waals surface area contributed by atoms with Crippen LogP contribution in [0.5, 0.6) is 0 Å². The van der Waals surface area contributed by atoms with Gasteiger partial charge in [-0.3, -0.25) is 19.4 Å². The molecular formula is C31H21ClN2O3. The van der Waals surface area contributed by atoms with Crippen LogP contribution in [0.1, 0.15) is 44.7 Å². The summed E-state index contributed by atoms with van der Waals surface area (Å²) >= 11 is 6.22. The Morgan fingerprint density at radius 1 is 0.919 bits per heavy atom. The zero-order chi connectivity index (χ0) is 25.5. The van der Waals surface area contributed by atoms with Crippen LogP contribution < -0.4 is 4.90 Å². The van der Waals surface area contributed by atoms with E-state index < -0.39 is 23.4 Å². The number of Topliss-reactive ketones (excluding diaryl/α,β-unsaturated/α-hetero) is 3. The summed E-state index contributed by atoms with van der Waals surface area (Å²) in [4.78, 5) is 49.2. The van der Waals surface area contributed by atoms with Crippen molar-refractivity contribution in [1.29, 1.82) is 0 Å². The number of benzene rings is 3. The minimum absolute atomic E-state index is 0.118. The summed E-state index contributed by atoms with van der Waals surface area (Å²) in [7, 11) is 0. The molecule has 3 heterocycles. The van der Waals surface area contributed by atoms with Gasteiger partial charge in [-0.1, -0.05) is 78.4 Å². The van der Waals surface area contributed by atoms with Gasteiger partial charge in [-0.05, 0) is 36.2 Å². The molecule has 5 nitrogen and oxygen atoms in total. The fourth-order valence-electron chi connectivity index (χ4n) is 6.78. The smallest absolute Gasteiger partial charge is 0.180 e. The van der Waals surface area contributed by atoms with Gasteiger partial charge in [-0.2, -0.15) is 0 Å². The van der Waals surface area contributed by atoms with Crippen molar-refractivity contribution in [3.05, 3.63) is 112 Å². The van der Waals surface area contributed by atoms with E-state index in [2.05, 4.69) is 4.98 Å². The van der Waals surface area contributed by atoms with Gasteiger partial charge in [0.25, 0.3) is 0 Å². The Balaban J connectivity index is 1.58. The Morgan fingerprint density at radius 2 is 1.62 bits per heavy atom. The summed E-state index contributed by atoms with van der Waals surface area (Å²) in [6.45, 7) is 1.54. The zero-order valence-corrected chi connectivity index (χ0v) is 20.6. The topological polar surface area (TPSA) is 67.3 Å². The summed E-state index contributed by atoms with van der Waals surface area (Å²) in [5.41, 5.74) is 2.46. The number of pyridine rings is 1. The van der Waals surface area contributed by atoms with Crippen LogP contribution in [0.2, 0.25) is 5.02 Å². The first-order valence-corrected chi connectivity index (χ1v) is 12.6. The third-order valence-corrected chi connectivity index (χ3v) is 8.43. The van der Waals surface area contributed by atoms with Crippen molar-refractivity contribution < 1.29 is 14.4 Å². The molecular weight excluding hydrogens is 484 g/mol. The summed E-state index contributed by atoms with van der Waals surface area (Å²) in [5, 5.41) is 1.47. The second-order valence-electron chi connectivity index (χ2n) is 9.95. The lowest BCUT2D eigenvalue weighted by molar-refractivity contribution is -0.118. The van der Waals surface area contributed by atoms with E-state index in [1.54, 1.807) is 42.6 Å². The maximum absolute atomic E-state index is 14.4. The molecule has 1 saturated heterocycles. The van der Waals surface area contributed by atoms with Crippen molar-refractivity contribution in [2.75, 3.05) is 4.90 Å². The molecule has 0 amide bonds. The Bertz CT molecular complexity index is 1660. The fourth-order valence-corrected chi connectivity index (χ4v) is 6.91. The number of hydrogen-bond donors (Lipinski definition) is 0. The zero-order valence-electron chi connectivity index (χ0n) is 19.9. The predicted octanol–water partition coefficient (Wildman–Crippen LogP) is 5.91. The van der Waals surface area contributed by atoms with Crippen LogP contribution >= 0.6 is 11.6 Å². The first kappa shape index (κ1) is 22.1. The lowest BCUT2D eigenvalue weighted by atomic mass is 9.64. The minimum Gasteiger partial charge on any atom is -0.351 e. The van der Waals surface area contributed by atoms with Crippen molar-refractivity contribution in [2.24, 2.45) is 5.41 Å². The molecule has 1 aliphatic carbocycles. The molecule has 7 rings (SSSR count). The van der Waals surface area contributed by atoms with Crippen LogP contribution in [0.3, 0.4) is 0 Å². The number of anilines is 1. The van der Waals surface area contributed by atoms with Crippen LogP contribution in [0, 0.1) is 5.41 Å². The molecule has 0 bridgehead atoms. The van der Waals surface area contributed by atoms with E-state index in [0.29, 0.717) is 16.1 Å². The predicted molar refractivity (Wildman–Crippen MR) is 143 cm³/mol. The highest BCUT2D eigenvalue weighted by atomic mass is 35.5. The maximum atomic E-state index is 14.4. The highest BCUT2D eigenvalue weighted by Gasteiger charge is 2.71. The number of ketones is 3. The number of rotatable bonds is 2. The van der Waals surface area contributed by atoms with E-state index in [1.807, 2.05) is 53.5 Å². The maximum Gasteiger partial charge on any atom is 0.180 e. The van der Waals surface area contributed by atoms with Crippen LogP contribution in [-0.4, -0.2) is 34.4 Å². The molecule has 2 aliphatic heterocycles. The number of aromatic nitrogens is 1. The lowest BCUT2D eigenvalue weighted by Crippen LogP contribution is -2.48. The minimum atomic E-state index is -1.50. The van der Waals surface area contributed by atoms with Crippen molar-refractivity contribution in [3.63, 3.8) is 0 Å². The second-order valence-corrected chi connectivity index (χ2v) is 10.4. The molecule has 3 atom stereocenters. The molecule has 6 heteroatoms. The van der Waals surface area contributed by atoms with Gasteiger partial charge in [0.05, 0.1) is 23.3 Å². The van der Waals surface area contributed by atoms with E-state index in [4.69, 9.17) is 11.6 Å². The van der Waals surface area contributed by atoms with Crippen molar-refractivity contribution in [2.45, 2.75) is 24.9 Å². The monoisotopic (exact) mass is 504 g/mol. The van der Waals surface area contributed by atoms with Gasteiger partial charge in [0.1, 0.15) is 5.41 Å². The molecule has 0 unspecified atom stereocenters. The quantitative estimate of drug-likeness (QED) is 0.317. The van der Waals surface area contributed by atoms with E-state index >= 15 is 0 Å². The third-order valence-electron chi connectivity index (χ3n) is 8.18. The number of fused-ring (bicyclic) bond motifs is 7. The molecule has 1 spiro atoms. The van der Waals surface area contributed by atoms with Gasteiger partial charge in [0.15, 0.2) is 17.3 Å². The first-order chi connectivity index (χ1) is 17.9. The Hall–Kier alpha value is -4.09. The van der Waals surface area contributed by atoms with Crippen LogP contribution in [0.4, 0.5) is 5.69 Å². The van der Waals surface area contributed by atoms with Gasteiger partial charge in [-0.15, -0.1) is 0 Å². The summed E-state index contributed by atoms with van der Waals surface area (Å²) < 4.78 is 0. The van der Waals surface area contributed by atoms with Gasteiger partial charge in [-0.25, -0.2) is 0 Å². The van der Waals surface area contributed by atoms with E-state index in [-0.39, 0.29) is 17.3 Å². The SMILES string of the molecule is CC(=O)[C@@H]1[C@H](c2ccc(Cl)cc2)C2(C(=O)c3ccccc3C2=O)[C@H]2C=Cc3ccc4cccnc4c3N12. The Kier molecular flexibility index (Phi) is 4.61. The number of carbonyl (C=O) groups is 3. The van der Waals surface area contributed by atoms with E-state index in [1.165, 1.54) is 6.92 Å². The average molecular weight is 505 g/mol. The normalized spacial score (nSPS) is 22.9. The van der Waals surface area contributed by atoms with E-state index in [0.717, 1.165) is 27.7 Å². The molecule has 1 aromatic heterocycles. The van der Waals surface area contributed by atoms with Gasteiger partial charge in [0.2, 0.25) is 0 Å². The van der Waals surface area contributed by atoms with Crippen LogP contribution in [-0.2, 0) is 4.79 Å². The molecule has 4 aromatic rings. The number of carbonyl (C=O) groups excluding carboxylic acids is 3. The highest BCUT2D eigenvalue weighted by molar-refractivity contribution is 6.32. The third kappa shape index (κ3) is 2.75. The van der Waals surface area contributed by atoms with Gasteiger partial charge >= 0.3 is 0 Å². The largest absolute Gasteiger partial charge is 0.351 e. The Labute approximate surface area is 218 Å². The molecule has 37 heavy (non-hydrogen) atoms. The number of hydrogen-bond acceptors (Lipinski definition) is 5. The molecule has 0 N–H and O–H groups in total. The summed E-state index contributed by atoms with van der Waals surface area (Å²) in [5.74, 6) is -1.32. The highest BCUT2D eigenvalue weighted by Crippen LogP contribution is 2.61. The van der Waals surface area contributed by atoms with E-state index in [9.17, 15) is 14.4 Å². The molecule has 180 valence electrons. The standard InChI is InChI=1S/C31H21ClN2O3/c1-17(35)27-25(18-10-13-21(32)14-11-18)31(29(36)22-6-2-3-7-23(22)30(31)37)24-15-12-20-9-8-19-5-4-16-33-26(19)28(20)34(24)27/h2-16,24-25,27H,1H3/t24-,25+,27-/m1/s1. The second kappa shape index (κ2) is 7.70. The first-order valence-electron chi connectivity index (χ1n) is 12.2.